The highest BCUT2D eigenvalue weighted by Gasteiger charge is 2.32. The van der Waals surface area contributed by atoms with E-state index in [9.17, 15) is 4.79 Å². The van der Waals surface area contributed by atoms with Crippen LogP contribution in [0.5, 0.6) is 5.75 Å². The van der Waals surface area contributed by atoms with Gasteiger partial charge in [-0.15, -0.1) is 0 Å². The number of rotatable bonds is 3. The van der Waals surface area contributed by atoms with Gasteiger partial charge in [0.1, 0.15) is 17.7 Å². The third-order valence-corrected chi connectivity index (χ3v) is 3.46. The van der Waals surface area contributed by atoms with Gasteiger partial charge < -0.3 is 15.4 Å². The molecule has 1 aromatic carbocycles. The lowest BCUT2D eigenvalue weighted by Gasteiger charge is -2.39. The summed E-state index contributed by atoms with van der Waals surface area (Å²) in [6.07, 6.45) is 1.56. The zero-order chi connectivity index (χ0) is 14.8. The number of carbonyl (C=O) groups excluding carboxylic acids is 1. The molecule has 0 unspecified atom stereocenters. The van der Waals surface area contributed by atoms with Gasteiger partial charge in [-0.1, -0.05) is 12.1 Å². The zero-order valence-electron chi connectivity index (χ0n) is 11.8. The molecule has 2 N–H and O–H groups in total. The van der Waals surface area contributed by atoms with E-state index in [0.29, 0.717) is 24.5 Å². The van der Waals surface area contributed by atoms with Crippen molar-refractivity contribution in [1.82, 2.24) is 9.88 Å². The van der Waals surface area contributed by atoms with E-state index in [0.717, 1.165) is 11.3 Å². The number of nitrogen functional groups attached to an aromatic ring is 1. The Morgan fingerprint density at radius 1 is 1.33 bits per heavy atom. The molecule has 0 spiro atoms. The van der Waals surface area contributed by atoms with Crippen molar-refractivity contribution in [3.63, 3.8) is 0 Å². The molecule has 1 amide bonds. The lowest BCUT2D eigenvalue weighted by Crippen LogP contribution is -2.56. The summed E-state index contributed by atoms with van der Waals surface area (Å²) in [5.41, 5.74) is 7.23. The molecule has 1 aromatic heterocycles. The highest BCUT2D eigenvalue weighted by atomic mass is 16.5. The average Bonchev–Trinajstić information content (AvgIpc) is 2.42. The molecule has 5 nitrogen and oxygen atoms in total. The predicted octanol–water partition coefficient (Wildman–Crippen LogP) is 1.88. The molecule has 1 aliphatic heterocycles. The highest BCUT2D eigenvalue weighted by Crippen LogP contribution is 2.20. The second-order valence-corrected chi connectivity index (χ2v) is 5.24. The molecule has 1 saturated heterocycles. The van der Waals surface area contributed by atoms with Crippen LogP contribution in [0.4, 0.5) is 5.82 Å². The molecular formula is C16H17N3O2. The number of hydrogen-bond donors (Lipinski definition) is 1. The lowest BCUT2D eigenvalue weighted by molar-refractivity contribution is 0.0177. The Labute approximate surface area is 123 Å². The number of amides is 1. The van der Waals surface area contributed by atoms with Gasteiger partial charge in [-0.2, -0.15) is 0 Å². The van der Waals surface area contributed by atoms with Crippen molar-refractivity contribution in [1.29, 1.82) is 0 Å². The Hall–Kier alpha value is -2.56. The van der Waals surface area contributed by atoms with Crippen LogP contribution in [-0.2, 0) is 0 Å². The van der Waals surface area contributed by atoms with Gasteiger partial charge in [-0.25, -0.2) is 4.98 Å². The van der Waals surface area contributed by atoms with Gasteiger partial charge >= 0.3 is 0 Å². The first-order chi connectivity index (χ1) is 10.1. The fourth-order valence-electron chi connectivity index (χ4n) is 2.27. The number of ether oxygens (including phenoxy) is 1. The van der Waals surface area contributed by atoms with E-state index < -0.39 is 0 Å². The number of aryl methyl sites for hydroxylation is 1. The molecule has 0 atom stereocenters. The van der Waals surface area contributed by atoms with Crippen molar-refractivity contribution in [2.24, 2.45) is 0 Å². The van der Waals surface area contributed by atoms with Crippen molar-refractivity contribution in [2.75, 3.05) is 18.8 Å². The third-order valence-electron chi connectivity index (χ3n) is 3.46. The second kappa shape index (κ2) is 5.44. The van der Waals surface area contributed by atoms with Crippen LogP contribution in [0, 0.1) is 6.92 Å². The summed E-state index contributed by atoms with van der Waals surface area (Å²) in [6, 6.07) is 11.2. The third kappa shape index (κ3) is 2.97. The molecule has 2 aromatic rings. The molecule has 0 radical (unpaired) electrons. The highest BCUT2D eigenvalue weighted by molar-refractivity contribution is 5.94. The van der Waals surface area contributed by atoms with E-state index in [1.54, 1.807) is 17.0 Å². The SMILES string of the molecule is Cc1cccc(OC2CN(C(=O)c3ccc(N)nc3)C2)c1. The van der Waals surface area contributed by atoms with Crippen LogP contribution in [0.25, 0.3) is 0 Å². The topological polar surface area (TPSA) is 68.5 Å². The maximum Gasteiger partial charge on any atom is 0.255 e. The number of anilines is 1. The molecule has 1 aliphatic rings. The van der Waals surface area contributed by atoms with Crippen LogP contribution in [-0.4, -0.2) is 35.0 Å². The van der Waals surface area contributed by atoms with Crippen LogP contribution >= 0.6 is 0 Å². The molecule has 108 valence electrons. The molecule has 2 heterocycles. The first-order valence-corrected chi connectivity index (χ1v) is 6.86. The maximum atomic E-state index is 12.2. The van der Waals surface area contributed by atoms with Crippen molar-refractivity contribution >= 4 is 11.7 Å². The number of aromatic nitrogens is 1. The summed E-state index contributed by atoms with van der Waals surface area (Å²) in [4.78, 5) is 17.9. The van der Waals surface area contributed by atoms with Crippen LogP contribution in [0.15, 0.2) is 42.6 Å². The van der Waals surface area contributed by atoms with Crippen molar-refractivity contribution in [2.45, 2.75) is 13.0 Å². The van der Waals surface area contributed by atoms with Crippen LogP contribution < -0.4 is 10.5 Å². The predicted molar refractivity (Wildman–Crippen MR) is 80.1 cm³/mol. The lowest BCUT2D eigenvalue weighted by atomic mass is 10.1. The first-order valence-electron chi connectivity index (χ1n) is 6.86. The monoisotopic (exact) mass is 283 g/mol. The molecule has 0 bridgehead atoms. The van der Waals surface area contributed by atoms with Crippen LogP contribution in [0.2, 0.25) is 0 Å². The molecule has 5 heteroatoms. The Morgan fingerprint density at radius 3 is 2.81 bits per heavy atom. The Bertz CT molecular complexity index is 649. The first kappa shape index (κ1) is 13.4. The number of nitrogens with two attached hydrogens (primary N) is 1. The number of likely N-dealkylation sites (tertiary alicyclic amines) is 1. The summed E-state index contributed by atoms with van der Waals surface area (Å²) < 4.78 is 5.84. The van der Waals surface area contributed by atoms with E-state index in [1.807, 2.05) is 31.2 Å². The molecule has 3 rings (SSSR count). The number of benzene rings is 1. The minimum absolute atomic E-state index is 0.0356. The number of hydrogen-bond acceptors (Lipinski definition) is 4. The standard InChI is InChI=1S/C16H17N3O2/c1-11-3-2-4-13(7-11)21-14-9-19(10-14)16(20)12-5-6-15(17)18-8-12/h2-8,14H,9-10H2,1H3,(H2,17,18). The van der Waals surface area contributed by atoms with Gasteiger partial charge in [0, 0.05) is 6.20 Å². The Kier molecular flexibility index (Phi) is 3.48. The largest absolute Gasteiger partial charge is 0.487 e. The second-order valence-electron chi connectivity index (χ2n) is 5.24. The fraction of sp³-hybridized carbons (Fsp3) is 0.250. The van der Waals surface area contributed by atoms with E-state index >= 15 is 0 Å². The molecule has 0 aliphatic carbocycles. The molecule has 0 saturated carbocycles. The van der Waals surface area contributed by atoms with Gasteiger partial charge in [-0.3, -0.25) is 4.79 Å². The average molecular weight is 283 g/mol. The van der Waals surface area contributed by atoms with Gasteiger partial charge in [-0.05, 0) is 36.8 Å². The minimum atomic E-state index is -0.0356. The van der Waals surface area contributed by atoms with Crippen molar-refractivity contribution in [3.05, 3.63) is 53.7 Å². The number of carbonyl (C=O) groups is 1. The Balaban J connectivity index is 1.56. The summed E-state index contributed by atoms with van der Waals surface area (Å²) >= 11 is 0. The van der Waals surface area contributed by atoms with E-state index in [1.165, 1.54) is 6.20 Å². The minimum Gasteiger partial charge on any atom is -0.487 e. The van der Waals surface area contributed by atoms with Crippen molar-refractivity contribution in [3.8, 4) is 5.75 Å². The van der Waals surface area contributed by atoms with Crippen molar-refractivity contribution < 1.29 is 9.53 Å². The Morgan fingerprint density at radius 2 is 2.14 bits per heavy atom. The van der Waals surface area contributed by atoms with Gasteiger partial charge in [0.25, 0.3) is 5.91 Å². The molecule has 21 heavy (non-hydrogen) atoms. The van der Waals surface area contributed by atoms with Gasteiger partial charge in [0.05, 0.1) is 18.7 Å². The van der Waals surface area contributed by atoms with Crippen LogP contribution in [0.1, 0.15) is 15.9 Å². The van der Waals surface area contributed by atoms with E-state index in [4.69, 9.17) is 10.5 Å². The summed E-state index contributed by atoms with van der Waals surface area (Å²) in [5, 5.41) is 0. The molecule has 1 fully saturated rings. The smallest absolute Gasteiger partial charge is 0.255 e. The van der Waals surface area contributed by atoms with Crippen LogP contribution in [0.3, 0.4) is 0 Å². The van der Waals surface area contributed by atoms with Gasteiger partial charge in [0.2, 0.25) is 0 Å². The normalized spacial score (nSPS) is 14.6. The van der Waals surface area contributed by atoms with Gasteiger partial charge in [0.15, 0.2) is 0 Å². The van der Waals surface area contributed by atoms with E-state index in [2.05, 4.69) is 4.98 Å². The zero-order valence-corrected chi connectivity index (χ0v) is 11.8. The number of nitrogens with zero attached hydrogens (tertiary/aromatic N) is 2. The molecular weight excluding hydrogens is 266 g/mol. The summed E-state index contributed by atoms with van der Waals surface area (Å²) in [6.45, 7) is 3.21. The van der Waals surface area contributed by atoms with E-state index in [-0.39, 0.29) is 12.0 Å². The quantitative estimate of drug-likeness (QED) is 0.933. The fourth-order valence-corrected chi connectivity index (χ4v) is 2.27. The number of pyridine rings is 1. The summed E-state index contributed by atoms with van der Waals surface area (Å²) in [5.74, 6) is 1.23. The summed E-state index contributed by atoms with van der Waals surface area (Å²) in [7, 11) is 0. The maximum absolute atomic E-state index is 12.2.